The average Bonchev–Trinajstić information content (AvgIpc) is 3.01. The van der Waals surface area contributed by atoms with E-state index in [4.69, 9.17) is 5.73 Å². The van der Waals surface area contributed by atoms with Crippen molar-refractivity contribution in [2.24, 2.45) is 11.1 Å². The van der Waals surface area contributed by atoms with Gasteiger partial charge < -0.3 is 10.6 Å². The summed E-state index contributed by atoms with van der Waals surface area (Å²) in [6, 6.07) is 0. The molecule has 1 atom stereocenters. The van der Waals surface area contributed by atoms with E-state index in [2.05, 4.69) is 5.10 Å². The van der Waals surface area contributed by atoms with Crippen molar-refractivity contribution in [3.8, 4) is 0 Å². The summed E-state index contributed by atoms with van der Waals surface area (Å²) >= 11 is 0. The quantitative estimate of drug-likeness (QED) is 0.873. The largest absolute Gasteiger partial charge is 0.433 e. The van der Waals surface area contributed by atoms with E-state index in [-0.39, 0.29) is 17.8 Å². The zero-order chi connectivity index (χ0) is 17.6. The summed E-state index contributed by atoms with van der Waals surface area (Å²) in [5.74, 6) is -0.634. The van der Waals surface area contributed by atoms with Crippen LogP contribution in [-0.4, -0.2) is 40.2 Å². The monoisotopic (exact) mass is 368 g/mol. The zero-order valence-corrected chi connectivity index (χ0v) is 15.1. The third kappa shape index (κ3) is 3.85. The van der Waals surface area contributed by atoms with Crippen molar-refractivity contribution in [2.45, 2.75) is 45.8 Å². The van der Waals surface area contributed by atoms with Gasteiger partial charge in [-0.05, 0) is 39.2 Å². The predicted octanol–water partition coefficient (Wildman–Crippen LogP) is 2.89. The van der Waals surface area contributed by atoms with Gasteiger partial charge in [-0.25, -0.2) is 0 Å². The van der Waals surface area contributed by atoms with Gasteiger partial charge in [0.25, 0.3) is 5.91 Å². The van der Waals surface area contributed by atoms with Gasteiger partial charge in [-0.3, -0.25) is 9.48 Å². The van der Waals surface area contributed by atoms with Crippen LogP contribution in [0.5, 0.6) is 0 Å². The number of carbonyl (C=O) groups excluding carboxylic acids is 1. The molecule has 0 spiro atoms. The molecule has 0 saturated carbocycles. The fraction of sp³-hybridized carbons (Fsp3) is 0.733. The summed E-state index contributed by atoms with van der Waals surface area (Å²) in [6.07, 6.45) is -2.94. The standard InChI is InChI=1S/C15H23F3N4O.ClH/c1-13(2,3)22-11(15(16,17)18)10(7-20-22)12(23)21-6-5-14(4,8-19)9-21;/h7H,5-6,8-9,19H2,1-4H3;1H. The molecule has 5 nitrogen and oxygen atoms in total. The van der Waals surface area contributed by atoms with Crippen molar-refractivity contribution in [1.29, 1.82) is 0 Å². The highest BCUT2D eigenvalue weighted by molar-refractivity contribution is 5.95. The topological polar surface area (TPSA) is 64.2 Å². The van der Waals surface area contributed by atoms with Crippen molar-refractivity contribution < 1.29 is 18.0 Å². The number of hydrogen-bond acceptors (Lipinski definition) is 3. The number of hydrogen-bond donors (Lipinski definition) is 1. The minimum absolute atomic E-state index is 0. The molecule has 24 heavy (non-hydrogen) atoms. The lowest BCUT2D eigenvalue weighted by Crippen LogP contribution is -2.36. The second-order valence-electron chi connectivity index (χ2n) is 7.48. The number of alkyl halides is 3. The number of likely N-dealkylation sites (tertiary alicyclic amines) is 1. The Hall–Kier alpha value is -1.28. The van der Waals surface area contributed by atoms with Crippen molar-refractivity contribution >= 4 is 18.3 Å². The first-order chi connectivity index (χ1) is 10.4. The fourth-order valence-corrected chi connectivity index (χ4v) is 2.82. The number of nitrogens with two attached hydrogens (primary N) is 1. The molecule has 1 fully saturated rings. The fourth-order valence-electron chi connectivity index (χ4n) is 2.82. The van der Waals surface area contributed by atoms with E-state index in [1.807, 2.05) is 6.92 Å². The maximum atomic E-state index is 13.5. The highest BCUT2D eigenvalue weighted by Gasteiger charge is 2.44. The predicted molar refractivity (Wildman–Crippen MR) is 87.2 cm³/mol. The summed E-state index contributed by atoms with van der Waals surface area (Å²) < 4.78 is 41.3. The van der Waals surface area contributed by atoms with Crippen LogP contribution in [0.25, 0.3) is 0 Å². The number of carbonyl (C=O) groups is 1. The molecule has 9 heteroatoms. The minimum atomic E-state index is -4.65. The molecule has 2 N–H and O–H groups in total. The molecule has 0 aromatic carbocycles. The van der Waals surface area contributed by atoms with Crippen molar-refractivity contribution in [3.63, 3.8) is 0 Å². The summed E-state index contributed by atoms with van der Waals surface area (Å²) in [4.78, 5) is 14.0. The normalized spacial score (nSPS) is 21.8. The third-order valence-electron chi connectivity index (χ3n) is 4.24. The Morgan fingerprint density at radius 2 is 1.96 bits per heavy atom. The second kappa shape index (κ2) is 6.55. The second-order valence-corrected chi connectivity index (χ2v) is 7.48. The van der Waals surface area contributed by atoms with Crippen molar-refractivity contribution in [2.75, 3.05) is 19.6 Å². The molecule has 1 unspecified atom stereocenters. The molecule has 1 saturated heterocycles. The minimum Gasteiger partial charge on any atom is -0.338 e. The van der Waals surface area contributed by atoms with E-state index >= 15 is 0 Å². The van der Waals surface area contributed by atoms with Gasteiger partial charge in [0.2, 0.25) is 0 Å². The number of aromatic nitrogens is 2. The van der Waals surface area contributed by atoms with Crippen LogP contribution in [0.3, 0.4) is 0 Å². The van der Waals surface area contributed by atoms with Crippen LogP contribution < -0.4 is 5.73 Å². The summed E-state index contributed by atoms with van der Waals surface area (Å²) in [6.45, 7) is 7.94. The molecule has 0 radical (unpaired) electrons. The number of rotatable bonds is 2. The Morgan fingerprint density at radius 3 is 2.38 bits per heavy atom. The molecule has 138 valence electrons. The molecular formula is C15H24ClF3N4O. The summed E-state index contributed by atoms with van der Waals surface area (Å²) in [7, 11) is 0. The third-order valence-corrected chi connectivity index (χ3v) is 4.24. The van der Waals surface area contributed by atoms with Crippen LogP contribution in [0.1, 0.15) is 50.2 Å². The van der Waals surface area contributed by atoms with Gasteiger partial charge in [-0.1, -0.05) is 6.92 Å². The van der Waals surface area contributed by atoms with Crippen molar-refractivity contribution in [1.82, 2.24) is 14.7 Å². The number of halogens is 4. The van der Waals surface area contributed by atoms with Crippen LogP contribution in [0, 0.1) is 5.41 Å². The molecule has 1 aliphatic heterocycles. The van der Waals surface area contributed by atoms with Crippen LogP contribution in [0.2, 0.25) is 0 Å². The van der Waals surface area contributed by atoms with Crippen molar-refractivity contribution in [3.05, 3.63) is 17.5 Å². The van der Waals surface area contributed by atoms with E-state index in [1.54, 1.807) is 20.8 Å². The van der Waals surface area contributed by atoms with E-state index in [0.717, 1.165) is 10.9 Å². The smallest absolute Gasteiger partial charge is 0.338 e. The van der Waals surface area contributed by atoms with Gasteiger partial charge in [-0.2, -0.15) is 18.3 Å². The molecule has 2 heterocycles. The maximum absolute atomic E-state index is 13.5. The Morgan fingerprint density at radius 1 is 1.38 bits per heavy atom. The van der Waals surface area contributed by atoms with E-state index in [1.165, 1.54) is 4.90 Å². The highest BCUT2D eigenvalue weighted by Crippen LogP contribution is 2.37. The maximum Gasteiger partial charge on any atom is 0.433 e. The van der Waals surface area contributed by atoms with Gasteiger partial charge in [0.15, 0.2) is 5.69 Å². The van der Waals surface area contributed by atoms with Gasteiger partial charge >= 0.3 is 6.18 Å². The highest BCUT2D eigenvalue weighted by atomic mass is 35.5. The van der Waals surface area contributed by atoms with Gasteiger partial charge in [0.05, 0.1) is 17.3 Å². The van der Waals surface area contributed by atoms with E-state index in [0.29, 0.717) is 26.1 Å². The Bertz CT molecular complexity index is 609. The molecule has 1 aromatic heterocycles. The molecule has 1 aliphatic rings. The zero-order valence-electron chi connectivity index (χ0n) is 14.3. The van der Waals surface area contributed by atoms with E-state index < -0.39 is 28.9 Å². The van der Waals surface area contributed by atoms with Crippen LogP contribution >= 0.6 is 12.4 Å². The Balaban J connectivity index is 0.00000288. The van der Waals surface area contributed by atoms with Crippen LogP contribution in [-0.2, 0) is 11.7 Å². The van der Waals surface area contributed by atoms with Gasteiger partial charge in [0.1, 0.15) is 0 Å². The molecule has 2 rings (SSSR count). The number of nitrogens with zero attached hydrogens (tertiary/aromatic N) is 3. The molecule has 1 amide bonds. The first-order valence-electron chi connectivity index (χ1n) is 7.54. The summed E-state index contributed by atoms with van der Waals surface area (Å²) in [5, 5.41) is 3.83. The van der Waals surface area contributed by atoms with Gasteiger partial charge in [0, 0.05) is 13.1 Å². The van der Waals surface area contributed by atoms with E-state index in [9.17, 15) is 18.0 Å². The first-order valence-corrected chi connectivity index (χ1v) is 7.54. The lowest BCUT2D eigenvalue weighted by atomic mass is 9.90. The molecule has 0 aliphatic carbocycles. The Kier molecular flexibility index (Phi) is 5.67. The average molecular weight is 369 g/mol. The molecule has 0 bridgehead atoms. The lowest BCUT2D eigenvalue weighted by Gasteiger charge is -2.25. The van der Waals surface area contributed by atoms with Crippen LogP contribution in [0.15, 0.2) is 6.20 Å². The number of amides is 1. The summed E-state index contributed by atoms with van der Waals surface area (Å²) in [5.41, 5.74) is 3.19. The van der Waals surface area contributed by atoms with Gasteiger partial charge in [-0.15, -0.1) is 12.4 Å². The molecule has 1 aromatic rings. The SMILES string of the molecule is CC1(CN)CCN(C(=O)c2cnn(C(C)(C)C)c2C(F)(F)F)C1.Cl. The molecular weight excluding hydrogens is 345 g/mol. The first kappa shape index (κ1) is 20.8. The lowest BCUT2D eigenvalue weighted by molar-refractivity contribution is -0.146. The Labute approximate surface area is 145 Å². The van der Waals surface area contributed by atoms with Crippen LogP contribution in [0.4, 0.5) is 13.2 Å².